The standard InChI is InChI=1S/C24H23ClFN3O3.CH2F2/c1-29-21(14-26)20(13-19(28-29)12-15-3-2-4-18(25)11-15)22(30)27-24(9-10-24)17-7-5-16(6-8-17)23(31)32;2-1-3/h2-8,11H,9-10,12-14H2,1H3,(H,27,30)(H,31,32);1H2. The van der Waals surface area contributed by atoms with E-state index in [0.29, 0.717) is 17.0 Å². The fraction of sp³-hybridized carbons (Fsp3) is 0.320. The van der Waals surface area contributed by atoms with Gasteiger partial charge in [0.2, 0.25) is 12.8 Å². The molecule has 0 spiro atoms. The van der Waals surface area contributed by atoms with Gasteiger partial charge in [0, 0.05) is 36.2 Å². The Balaban J connectivity index is 0.00000108. The molecule has 0 saturated heterocycles. The SMILES string of the molecule is CN1N=C(Cc2cccc(Cl)c2)CC(C(=O)NC2(c3ccc(C(=O)O)cc3)CC2)=C1CF.FCF. The smallest absolute Gasteiger partial charge is 0.335 e. The van der Waals surface area contributed by atoms with Crippen LogP contribution in [-0.2, 0) is 16.8 Å². The molecule has 0 bridgehead atoms. The minimum atomic E-state index is -1.75. The predicted octanol–water partition coefficient (Wildman–Crippen LogP) is 5.18. The first-order valence-corrected chi connectivity index (χ1v) is 11.2. The lowest BCUT2D eigenvalue weighted by Gasteiger charge is -2.27. The van der Waals surface area contributed by atoms with Crippen molar-refractivity contribution < 1.29 is 27.9 Å². The molecule has 0 aromatic heterocycles. The zero-order valence-electron chi connectivity index (χ0n) is 19.0. The summed E-state index contributed by atoms with van der Waals surface area (Å²) in [6, 6.07) is 13.9. The van der Waals surface area contributed by atoms with Gasteiger partial charge in [-0.2, -0.15) is 5.10 Å². The number of carboxylic acid groups (broad SMARTS) is 1. The molecular weight excluding hydrogens is 483 g/mol. The van der Waals surface area contributed by atoms with Crippen LogP contribution in [0.15, 0.2) is 64.9 Å². The summed E-state index contributed by atoms with van der Waals surface area (Å²) >= 11 is 6.07. The fourth-order valence-electron chi connectivity index (χ4n) is 4.00. The summed E-state index contributed by atoms with van der Waals surface area (Å²) in [7, 11) is 1.64. The first kappa shape index (κ1) is 26.3. The molecule has 35 heavy (non-hydrogen) atoms. The van der Waals surface area contributed by atoms with E-state index in [9.17, 15) is 22.8 Å². The van der Waals surface area contributed by atoms with Crippen LogP contribution in [0.5, 0.6) is 0 Å². The van der Waals surface area contributed by atoms with Gasteiger partial charge in [0.15, 0.2) is 0 Å². The highest BCUT2D eigenvalue weighted by Gasteiger charge is 2.46. The number of benzene rings is 2. The molecule has 2 aromatic carbocycles. The second-order valence-electron chi connectivity index (χ2n) is 8.25. The lowest BCUT2D eigenvalue weighted by Crippen LogP contribution is -2.39. The van der Waals surface area contributed by atoms with Gasteiger partial charge in [0.1, 0.15) is 6.67 Å². The average Bonchev–Trinajstić information content (AvgIpc) is 3.60. The van der Waals surface area contributed by atoms with Gasteiger partial charge in [-0.05, 0) is 48.2 Å². The van der Waals surface area contributed by atoms with Gasteiger partial charge in [-0.3, -0.25) is 9.80 Å². The molecule has 186 valence electrons. The molecule has 2 aromatic rings. The van der Waals surface area contributed by atoms with E-state index in [1.807, 2.05) is 18.2 Å². The molecule has 0 unspecified atom stereocenters. The zero-order valence-corrected chi connectivity index (χ0v) is 19.8. The summed E-state index contributed by atoms with van der Waals surface area (Å²) < 4.78 is 33.1. The van der Waals surface area contributed by atoms with Gasteiger partial charge in [-0.25, -0.2) is 18.0 Å². The first-order valence-electron chi connectivity index (χ1n) is 10.8. The number of amides is 1. The number of carboxylic acids is 1. The third kappa shape index (κ3) is 6.42. The van der Waals surface area contributed by atoms with Crippen molar-refractivity contribution in [1.29, 1.82) is 0 Å². The number of hydrogen-bond donors (Lipinski definition) is 2. The highest BCUT2D eigenvalue weighted by Crippen LogP contribution is 2.46. The Kier molecular flexibility index (Phi) is 8.56. The molecule has 4 rings (SSSR count). The summed E-state index contributed by atoms with van der Waals surface area (Å²) in [4.78, 5) is 24.3. The molecule has 2 N–H and O–H groups in total. The normalized spacial score (nSPS) is 16.1. The van der Waals surface area contributed by atoms with E-state index in [-0.39, 0.29) is 23.6 Å². The molecule has 6 nitrogen and oxygen atoms in total. The lowest BCUT2D eigenvalue weighted by molar-refractivity contribution is -0.118. The third-order valence-corrected chi connectivity index (χ3v) is 6.13. The van der Waals surface area contributed by atoms with Crippen LogP contribution in [0.25, 0.3) is 0 Å². The minimum Gasteiger partial charge on any atom is -0.478 e. The summed E-state index contributed by atoms with van der Waals surface area (Å²) in [5, 5.41) is 18.7. The van der Waals surface area contributed by atoms with Crippen LogP contribution in [0.4, 0.5) is 13.2 Å². The molecule has 1 heterocycles. The van der Waals surface area contributed by atoms with Gasteiger partial charge < -0.3 is 10.4 Å². The van der Waals surface area contributed by atoms with Crippen LogP contribution in [0.2, 0.25) is 5.02 Å². The predicted molar refractivity (Wildman–Crippen MR) is 128 cm³/mol. The van der Waals surface area contributed by atoms with Gasteiger partial charge in [-0.15, -0.1) is 0 Å². The lowest BCUT2D eigenvalue weighted by atomic mass is 9.97. The first-order chi connectivity index (χ1) is 16.7. The van der Waals surface area contributed by atoms with Gasteiger partial charge in [0.05, 0.1) is 16.8 Å². The highest BCUT2D eigenvalue weighted by molar-refractivity contribution is 6.30. The number of carbonyl (C=O) groups excluding carboxylic acids is 1. The number of allylic oxidation sites excluding steroid dienone is 1. The minimum absolute atomic E-state index is 0.189. The highest BCUT2D eigenvalue weighted by atomic mass is 35.5. The van der Waals surface area contributed by atoms with Crippen LogP contribution in [0.3, 0.4) is 0 Å². The molecule has 1 saturated carbocycles. The molecule has 10 heteroatoms. The van der Waals surface area contributed by atoms with E-state index in [4.69, 9.17) is 16.7 Å². The summed E-state index contributed by atoms with van der Waals surface area (Å²) in [6.07, 6.45) is 2.23. The Labute approximate surface area is 206 Å². The Morgan fingerprint density at radius 3 is 2.34 bits per heavy atom. The van der Waals surface area contributed by atoms with Gasteiger partial charge in [-0.1, -0.05) is 35.9 Å². The number of carbonyl (C=O) groups is 2. The van der Waals surface area contributed by atoms with Crippen molar-refractivity contribution in [1.82, 2.24) is 10.3 Å². The zero-order chi connectivity index (χ0) is 25.6. The van der Waals surface area contributed by atoms with Crippen LogP contribution >= 0.6 is 11.6 Å². The van der Waals surface area contributed by atoms with Crippen LogP contribution in [0, 0.1) is 0 Å². The molecule has 0 atom stereocenters. The number of alkyl halides is 3. The molecule has 1 fully saturated rings. The topological polar surface area (TPSA) is 82.0 Å². The Morgan fingerprint density at radius 1 is 1.14 bits per heavy atom. The Hall–Kier alpha value is -3.33. The van der Waals surface area contributed by atoms with Crippen LogP contribution < -0.4 is 5.32 Å². The number of aromatic carboxylic acids is 1. The average molecular weight is 508 g/mol. The molecular formula is C25H25ClF3N3O3. The number of hydrogen-bond acceptors (Lipinski definition) is 4. The maximum atomic E-state index is 13.8. The number of nitrogens with one attached hydrogen (secondary N) is 1. The quantitative estimate of drug-likeness (QED) is 0.541. The maximum Gasteiger partial charge on any atom is 0.335 e. The van der Waals surface area contributed by atoms with Gasteiger partial charge in [0.25, 0.3) is 0 Å². The van der Waals surface area contributed by atoms with Crippen molar-refractivity contribution in [3.8, 4) is 0 Å². The van der Waals surface area contributed by atoms with Crippen molar-refractivity contribution in [2.45, 2.75) is 31.2 Å². The maximum absolute atomic E-state index is 13.8. The second-order valence-corrected chi connectivity index (χ2v) is 8.69. The van der Waals surface area contributed by atoms with Crippen molar-refractivity contribution >= 4 is 29.2 Å². The molecule has 1 aliphatic heterocycles. The van der Waals surface area contributed by atoms with Crippen molar-refractivity contribution in [3.05, 3.63) is 81.5 Å². The van der Waals surface area contributed by atoms with E-state index < -0.39 is 25.1 Å². The van der Waals surface area contributed by atoms with Crippen LogP contribution in [0.1, 0.15) is 40.7 Å². The number of hydrazone groups is 1. The monoisotopic (exact) mass is 507 g/mol. The summed E-state index contributed by atoms with van der Waals surface area (Å²) in [6.45, 7) is -2.55. The Bertz CT molecular complexity index is 1150. The molecule has 2 aliphatic rings. The Morgan fingerprint density at radius 2 is 1.80 bits per heavy atom. The van der Waals surface area contributed by atoms with E-state index in [2.05, 4.69) is 10.4 Å². The molecule has 1 aliphatic carbocycles. The van der Waals surface area contributed by atoms with Crippen LogP contribution in [-0.4, -0.2) is 48.4 Å². The number of rotatable bonds is 7. The van der Waals surface area contributed by atoms with E-state index >= 15 is 0 Å². The fourth-order valence-corrected chi connectivity index (χ4v) is 4.22. The largest absolute Gasteiger partial charge is 0.478 e. The van der Waals surface area contributed by atoms with E-state index in [0.717, 1.165) is 29.7 Å². The van der Waals surface area contributed by atoms with Crippen molar-refractivity contribution in [2.75, 3.05) is 20.7 Å². The van der Waals surface area contributed by atoms with Crippen molar-refractivity contribution in [2.24, 2.45) is 5.10 Å². The van der Waals surface area contributed by atoms with Gasteiger partial charge >= 0.3 is 5.97 Å². The summed E-state index contributed by atoms with van der Waals surface area (Å²) in [5.74, 6) is -1.33. The third-order valence-electron chi connectivity index (χ3n) is 5.90. The summed E-state index contributed by atoms with van der Waals surface area (Å²) in [5.41, 5.74) is 2.79. The van der Waals surface area contributed by atoms with E-state index in [1.165, 1.54) is 17.1 Å². The van der Waals surface area contributed by atoms with Crippen molar-refractivity contribution in [3.63, 3.8) is 0 Å². The second kappa shape index (κ2) is 11.4. The van der Waals surface area contributed by atoms with E-state index in [1.54, 1.807) is 25.2 Å². The number of nitrogens with zero attached hydrogens (tertiary/aromatic N) is 2. The number of halogens is 4. The molecule has 1 amide bonds. The molecule has 0 radical (unpaired) electrons.